The Morgan fingerprint density at radius 3 is 2.74 bits per heavy atom. The van der Waals surface area contributed by atoms with Gasteiger partial charge in [-0.25, -0.2) is 9.97 Å². The standard InChI is InChI=1S/C13H20ClN3O2/c1-9-3-5-13(7-18,6-4-9)17-12-10(19-2)11(14)15-8-16-12/h8-9,18H,3-7H2,1-2H3,(H,15,16,17). The summed E-state index contributed by atoms with van der Waals surface area (Å²) >= 11 is 5.98. The average Bonchev–Trinajstić information content (AvgIpc) is 2.42. The fourth-order valence-electron chi connectivity index (χ4n) is 2.51. The Balaban J connectivity index is 2.21. The predicted octanol–water partition coefficient (Wildman–Crippen LogP) is 2.49. The van der Waals surface area contributed by atoms with Crippen LogP contribution in [0.1, 0.15) is 32.6 Å². The quantitative estimate of drug-likeness (QED) is 0.832. The zero-order chi connectivity index (χ0) is 13.9. The highest BCUT2D eigenvalue weighted by Crippen LogP contribution is 2.37. The van der Waals surface area contributed by atoms with Crippen molar-refractivity contribution in [1.82, 2.24) is 9.97 Å². The Labute approximate surface area is 118 Å². The predicted molar refractivity (Wildman–Crippen MR) is 74.7 cm³/mol. The van der Waals surface area contributed by atoms with Crippen LogP contribution in [0.3, 0.4) is 0 Å². The highest BCUT2D eigenvalue weighted by atomic mass is 35.5. The van der Waals surface area contributed by atoms with Gasteiger partial charge in [-0.3, -0.25) is 0 Å². The largest absolute Gasteiger partial charge is 0.490 e. The third-order valence-electron chi connectivity index (χ3n) is 3.88. The van der Waals surface area contributed by atoms with Crippen molar-refractivity contribution >= 4 is 17.4 Å². The van der Waals surface area contributed by atoms with Gasteiger partial charge in [0.05, 0.1) is 19.3 Å². The molecule has 1 aromatic heterocycles. The number of methoxy groups -OCH3 is 1. The van der Waals surface area contributed by atoms with Crippen LogP contribution in [0.5, 0.6) is 5.75 Å². The molecule has 1 saturated carbocycles. The molecule has 0 radical (unpaired) electrons. The number of rotatable bonds is 4. The highest BCUT2D eigenvalue weighted by Gasteiger charge is 2.34. The molecule has 19 heavy (non-hydrogen) atoms. The van der Waals surface area contributed by atoms with E-state index in [1.807, 2.05) is 0 Å². The fourth-order valence-corrected chi connectivity index (χ4v) is 2.72. The summed E-state index contributed by atoms with van der Waals surface area (Å²) in [6.07, 6.45) is 5.40. The molecule has 0 amide bonds. The van der Waals surface area contributed by atoms with Crippen LogP contribution in [-0.2, 0) is 0 Å². The van der Waals surface area contributed by atoms with Crippen molar-refractivity contribution in [1.29, 1.82) is 0 Å². The van der Waals surface area contributed by atoms with Gasteiger partial charge in [0.15, 0.2) is 16.7 Å². The minimum absolute atomic E-state index is 0.0739. The van der Waals surface area contributed by atoms with E-state index in [1.54, 1.807) is 0 Å². The van der Waals surface area contributed by atoms with E-state index < -0.39 is 0 Å². The zero-order valence-electron chi connectivity index (χ0n) is 11.3. The van der Waals surface area contributed by atoms with E-state index in [1.165, 1.54) is 13.4 Å². The molecule has 1 aromatic rings. The van der Waals surface area contributed by atoms with Gasteiger partial charge in [0.1, 0.15) is 6.33 Å². The number of aliphatic hydroxyl groups excluding tert-OH is 1. The lowest BCUT2D eigenvalue weighted by Crippen LogP contribution is -2.45. The third kappa shape index (κ3) is 3.09. The topological polar surface area (TPSA) is 67.3 Å². The molecule has 0 spiro atoms. The van der Waals surface area contributed by atoms with Gasteiger partial charge in [0, 0.05) is 0 Å². The number of nitrogens with one attached hydrogen (secondary N) is 1. The molecule has 1 aliphatic carbocycles. The van der Waals surface area contributed by atoms with Gasteiger partial charge in [-0.1, -0.05) is 18.5 Å². The fraction of sp³-hybridized carbons (Fsp3) is 0.692. The maximum absolute atomic E-state index is 9.74. The molecule has 2 rings (SSSR count). The molecule has 1 aliphatic rings. The number of halogens is 1. The molecule has 0 atom stereocenters. The van der Waals surface area contributed by atoms with Crippen molar-refractivity contribution < 1.29 is 9.84 Å². The lowest BCUT2D eigenvalue weighted by molar-refractivity contribution is 0.154. The first-order valence-electron chi connectivity index (χ1n) is 6.54. The Hall–Kier alpha value is -1.07. The summed E-state index contributed by atoms with van der Waals surface area (Å²) in [5, 5.41) is 13.3. The van der Waals surface area contributed by atoms with Crippen molar-refractivity contribution in [3.63, 3.8) is 0 Å². The van der Waals surface area contributed by atoms with Gasteiger partial charge in [0.25, 0.3) is 0 Å². The number of aliphatic hydroxyl groups is 1. The van der Waals surface area contributed by atoms with E-state index in [4.69, 9.17) is 16.3 Å². The van der Waals surface area contributed by atoms with Crippen LogP contribution in [0.4, 0.5) is 5.82 Å². The van der Waals surface area contributed by atoms with E-state index in [-0.39, 0.29) is 17.3 Å². The van der Waals surface area contributed by atoms with Crippen molar-refractivity contribution in [2.45, 2.75) is 38.1 Å². The van der Waals surface area contributed by atoms with Crippen LogP contribution in [0, 0.1) is 5.92 Å². The van der Waals surface area contributed by atoms with E-state index >= 15 is 0 Å². The maximum Gasteiger partial charge on any atom is 0.198 e. The van der Waals surface area contributed by atoms with Crippen LogP contribution in [0.25, 0.3) is 0 Å². The first-order valence-corrected chi connectivity index (χ1v) is 6.91. The molecule has 0 aliphatic heterocycles. The minimum atomic E-state index is -0.336. The summed E-state index contributed by atoms with van der Waals surface area (Å²) < 4.78 is 5.23. The van der Waals surface area contributed by atoms with Gasteiger partial charge in [0.2, 0.25) is 0 Å². The summed E-state index contributed by atoms with van der Waals surface area (Å²) in [5.74, 6) is 1.68. The molecule has 0 saturated heterocycles. The SMILES string of the molecule is COc1c(Cl)ncnc1NC1(CO)CCC(C)CC1. The van der Waals surface area contributed by atoms with Gasteiger partial charge in [-0.15, -0.1) is 0 Å². The molecule has 6 heteroatoms. The van der Waals surface area contributed by atoms with Gasteiger partial charge in [-0.05, 0) is 31.6 Å². The minimum Gasteiger partial charge on any atom is -0.490 e. The summed E-state index contributed by atoms with van der Waals surface area (Å²) in [4.78, 5) is 8.06. The molecule has 0 unspecified atom stereocenters. The number of hydrogen-bond acceptors (Lipinski definition) is 5. The molecule has 1 heterocycles. The summed E-state index contributed by atoms with van der Waals surface area (Å²) in [5.41, 5.74) is -0.336. The lowest BCUT2D eigenvalue weighted by Gasteiger charge is -2.39. The molecule has 2 N–H and O–H groups in total. The number of hydrogen-bond donors (Lipinski definition) is 2. The summed E-state index contributed by atoms with van der Waals surface area (Å²) in [6, 6.07) is 0. The Kier molecular flexibility index (Phi) is 4.47. The summed E-state index contributed by atoms with van der Waals surface area (Å²) in [6.45, 7) is 2.31. The molecule has 0 aromatic carbocycles. The Morgan fingerprint density at radius 2 is 2.16 bits per heavy atom. The molecular formula is C13H20ClN3O2. The summed E-state index contributed by atoms with van der Waals surface area (Å²) in [7, 11) is 1.53. The van der Waals surface area contributed by atoms with Crippen molar-refractivity contribution in [3.8, 4) is 5.75 Å². The first kappa shape index (κ1) is 14.3. The average molecular weight is 286 g/mol. The second-order valence-corrected chi connectivity index (χ2v) is 5.65. The molecule has 0 bridgehead atoms. The normalized spacial score (nSPS) is 27.1. The van der Waals surface area contributed by atoms with Crippen molar-refractivity contribution in [3.05, 3.63) is 11.5 Å². The van der Waals surface area contributed by atoms with Crippen LogP contribution in [0.2, 0.25) is 5.15 Å². The maximum atomic E-state index is 9.74. The van der Waals surface area contributed by atoms with E-state index in [0.29, 0.717) is 17.5 Å². The van der Waals surface area contributed by atoms with Crippen molar-refractivity contribution in [2.24, 2.45) is 5.92 Å². The van der Waals surface area contributed by atoms with Crippen molar-refractivity contribution in [2.75, 3.05) is 19.0 Å². The van der Waals surface area contributed by atoms with E-state index in [9.17, 15) is 5.11 Å². The Bertz CT molecular complexity index is 434. The Morgan fingerprint density at radius 1 is 1.47 bits per heavy atom. The van der Waals surface area contributed by atoms with Crippen LogP contribution in [-0.4, -0.2) is 34.3 Å². The molecule has 106 valence electrons. The van der Waals surface area contributed by atoms with E-state index in [0.717, 1.165) is 25.7 Å². The van der Waals surface area contributed by atoms with Crippen LogP contribution >= 0.6 is 11.6 Å². The van der Waals surface area contributed by atoms with Gasteiger partial charge >= 0.3 is 0 Å². The zero-order valence-corrected chi connectivity index (χ0v) is 12.1. The van der Waals surface area contributed by atoms with Gasteiger partial charge < -0.3 is 15.2 Å². The molecule has 1 fully saturated rings. The second-order valence-electron chi connectivity index (χ2n) is 5.29. The monoisotopic (exact) mass is 285 g/mol. The number of nitrogens with zero attached hydrogens (tertiary/aromatic N) is 2. The first-order chi connectivity index (χ1) is 9.10. The number of anilines is 1. The lowest BCUT2D eigenvalue weighted by atomic mass is 9.77. The van der Waals surface area contributed by atoms with Crippen LogP contribution in [0.15, 0.2) is 6.33 Å². The molecular weight excluding hydrogens is 266 g/mol. The number of ether oxygens (including phenoxy) is 1. The highest BCUT2D eigenvalue weighted by molar-refractivity contribution is 6.31. The molecule has 5 nitrogen and oxygen atoms in total. The second kappa shape index (κ2) is 5.92. The van der Waals surface area contributed by atoms with Crippen LogP contribution < -0.4 is 10.1 Å². The van der Waals surface area contributed by atoms with Gasteiger partial charge in [-0.2, -0.15) is 0 Å². The third-order valence-corrected chi connectivity index (χ3v) is 4.15. The number of aromatic nitrogens is 2. The van der Waals surface area contributed by atoms with E-state index in [2.05, 4.69) is 22.2 Å². The smallest absolute Gasteiger partial charge is 0.198 e.